The zero-order valence-electron chi connectivity index (χ0n) is 5.73. The molecule has 0 saturated carbocycles. The lowest BCUT2D eigenvalue weighted by atomic mass is 10.2. The molecule has 0 saturated heterocycles. The molecule has 0 aliphatic carbocycles. The molecule has 0 spiro atoms. The number of rotatable bonds is 2. The summed E-state index contributed by atoms with van der Waals surface area (Å²) in [5.74, 6) is 0.0340. The Kier molecular flexibility index (Phi) is 2.58. The third kappa shape index (κ3) is 2.30. The Labute approximate surface area is 65.2 Å². The summed E-state index contributed by atoms with van der Waals surface area (Å²) in [7, 11) is -2.45. The van der Waals surface area contributed by atoms with Crippen LogP contribution in [0.5, 0.6) is 5.75 Å². The van der Waals surface area contributed by atoms with Gasteiger partial charge in [0, 0.05) is 5.56 Å². The topological polar surface area (TPSA) is 60.4 Å². The largest absolute Gasteiger partial charge is 0.595 e. The molecule has 58 valence electrons. The molecule has 0 aliphatic rings. The molecule has 3 nitrogen and oxygen atoms in total. The summed E-state index contributed by atoms with van der Waals surface area (Å²) in [6.07, 6.45) is -0.0952. The van der Waals surface area contributed by atoms with Crippen molar-refractivity contribution in [3.8, 4) is 5.75 Å². The van der Waals surface area contributed by atoms with Gasteiger partial charge in [-0.15, -0.1) is 0 Å². The van der Waals surface area contributed by atoms with Crippen LogP contribution in [0.25, 0.3) is 0 Å². The van der Waals surface area contributed by atoms with Crippen LogP contribution >= 0.6 is 8.03 Å². The zero-order chi connectivity index (χ0) is 8.27. The minimum atomic E-state index is -2.45. The van der Waals surface area contributed by atoms with Crippen molar-refractivity contribution in [2.45, 2.75) is 6.16 Å². The molecular formula is C7H7O3P. The molecule has 1 aromatic rings. The van der Waals surface area contributed by atoms with Crippen molar-refractivity contribution in [3.63, 3.8) is 0 Å². The fraction of sp³-hybridized carbons (Fsp3) is 0.143. The lowest BCUT2D eigenvalue weighted by Gasteiger charge is -1.96. The van der Waals surface area contributed by atoms with E-state index in [2.05, 4.69) is 0 Å². The van der Waals surface area contributed by atoms with Gasteiger partial charge in [0.2, 0.25) is 0 Å². The van der Waals surface area contributed by atoms with Crippen LogP contribution in [0, 0.1) is 0 Å². The summed E-state index contributed by atoms with van der Waals surface area (Å²) < 4.78 is 10.2. The minimum Gasteiger partial charge on any atom is -0.595 e. The van der Waals surface area contributed by atoms with Crippen LogP contribution in [0.15, 0.2) is 24.3 Å². The van der Waals surface area contributed by atoms with Crippen LogP contribution in [-0.4, -0.2) is 5.11 Å². The Balaban J connectivity index is 2.86. The van der Waals surface area contributed by atoms with Gasteiger partial charge in [-0.2, -0.15) is 0 Å². The van der Waals surface area contributed by atoms with Crippen LogP contribution in [0.2, 0.25) is 0 Å². The van der Waals surface area contributed by atoms with E-state index >= 15 is 0 Å². The summed E-state index contributed by atoms with van der Waals surface area (Å²) in [6.45, 7) is 0. The van der Waals surface area contributed by atoms with Gasteiger partial charge in [-0.3, -0.25) is 0 Å². The minimum absolute atomic E-state index is 0.0340. The highest BCUT2D eigenvalue weighted by Gasteiger charge is 2.06. The van der Waals surface area contributed by atoms with Gasteiger partial charge in [-0.05, 0) is 6.07 Å². The molecule has 0 radical (unpaired) electrons. The molecule has 1 atom stereocenters. The van der Waals surface area contributed by atoms with Gasteiger partial charge in [-0.1, -0.05) is 22.8 Å². The molecule has 0 bridgehead atoms. The first-order valence-electron chi connectivity index (χ1n) is 3.09. The van der Waals surface area contributed by atoms with E-state index in [1.54, 1.807) is 18.2 Å². The smallest absolute Gasteiger partial charge is 0.313 e. The molecule has 0 amide bonds. The van der Waals surface area contributed by atoms with E-state index in [4.69, 9.17) is 5.11 Å². The predicted octanol–water partition coefficient (Wildman–Crippen LogP) is 0.995. The molecule has 0 aliphatic heterocycles. The number of phenols is 1. The second kappa shape index (κ2) is 3.46. The van der Waals surface area contributed by atoms with Gasteiger partial charge < -0.3 is 10.00 Å². The van der Waals surface area contributed by atoms with Crippen LogP contribution in [0.3, 0.4) is 0 Å². The van der Waals surface area contributed by atoms with Gasteiger partial charge in [-0.25, -0.2) is 0 Å². The number of hydrogen-bond donors (Lipinski definition) is 1. The van der Waals surface area contributed by atoms with Crippen LogP contribution in [0.1, 0.15) is 5.56 Å². The van der Waals surface area contributed by atoms with E-state index in [9.17, 15) is 9.46 Å². The third-order valence-corrected chi connectivity index (χ3v) is 1.89. The van der Waals surface area contributed by atoms with Crippen LogP contribution < -0.4 is 4.89 Å². The van der Waals surface area contributed by atoms with Crippen molar-refractivity contribution in [2.75, 3.05) is 0 Å². The summed E-state index contributed by atoms with van der Waals surface area (Å²) in [5, 5.41) is 9.09. The van der Waals surface area contributed by atoms with E-state index in [0.717, 1.165) is 0 Å². The molecule has 0 fully saturated rings. The highest BCUT2D eigenvalue weighted by Crippen LogP contribution is 2.24. The Hall–Kier alpha value is -0.920. The SMILES string of the molecule is O=[P+]([O-])Cc1ccccc1O. The first kappa shape index (κ1) is 8.18. The number of aromatic hydroxyl groups is 1. The lowest BCUT2D eigenvalue weighted by Crippen LogP contribution is -1.89. The van der Waals surface area contributed by atoms with Gasteiger partial charge >= 0.3 is 8.03 Å². The maximum atomic E-state index is 10.2. The maximum absolute atomic E-state index is 10.2. The Morgan fingerprint density at radius 3 is 2.64 bits per heavy atom. The van der Waals surface area contributed by atoms with Gasteiger partial charge in [0.05, 0.1) is 0 Å². The highest BCUT2D eigenvalue weighted by molar-refractivity contribution is 7.35. The molecule has 4 heteroatoms. The second-order valence-corrected chi connectivity index (χ2v) is 3.10. The van der Waals surface area contributed by atoms with Crippen LogP contribution in [0.4, 0.5) is 0 Å². The normalized spacial score (nSPS) is 11.2. The first-order chi connectivity index (χ1) is 5.20. The number of para-hydroxylation sites is 1. The zero-order valence-corrected chi connectivity index (χ0v) is 6.62. The number of phenolic OH excluding ortho intramolecular Hbond substituents is 1. The standard InChI is InChI=1S/C7H7O3P/c8-7-4-2-1-3-6(7)5-11(9)10/h1-4,8H,5H2. The van der Waals surface area contributed by atoms with E-state index in [1.165, 1.54) is 6.07 Å². The molecule has 11 heavy (non-hydrogen) atoms. The molecule has 0 aromatic heterocycles. The lowest BCUT2D eigenvalue weighted by molar-refractivity contribution is -0.164. The van der Waals surface area contributed by atoms with Crippen molar-refractivity contribution in [3.05, 3.63) is 29.8 Å². The van der Waals surface area contributed by atoms with E-state index in [1.807, 2.05) is 0 Å². The Morgan fingerprint density at radius 1 is 1.45 bits per heavy atom. The summed E-state index contributed by atoms with van der Waals surface area (Å²) in [5.41, 5.74) is 0.448. The Morgan fingerprint density at radius 2 is 2.09 bits per heavy atom. The molecule has 1 aromatic carbocycles. The summed E-state index contributed by atoms with van der Waals surface area (Å²) in [6, 6.07) is 6.39. The maximum Gasteiger partial charge on any atom is 0.313 e. The third-order valence-electron chi connectivity index (χ3n) is 1.29. The fourth-order valence-corrected chi connectivity index (χ4v) is 1.33. The fourth-order valence-electron chi connectivity index (χ4n) is 0.784. The molecule has 1 N–H and O–H groups in total. The number of benzene rings is 1. The average molecular weight is 170 g/mol. The Bertz CT molecular complexity index is 272. The van der Waals surface area contributed by atoms with E-state index in [0.29, 0.717) is 5.56 Å². The molecule has 1 unspecified atom stereocenters. The first-order valence-corrected chi connectivity index (χ1v) is 4.45. The van der Waals surface area contributed by atoms with Crippen molar-refractivity contribution >= 4 is 8.03 Å². The predicted molar refractivity (Wildman–Crippen MR) is 39.4 cm³/mol. The molecular weight excluding hydrogens is 163 g/mol. The van der Waals surface area contributed by atoms with Gasteiger partial charge in [0.1, 0.15) is 5.75 Å². The monoisotopic (exact) mass is 170 g/mol. The second-order valence-electron chi connectivity index (χ2n) is 2.12. The van der Waals surface area contributed by atoms with E-state index < -0.39 is 8.03 Å². The summed E-state index contributed by atoms with van der Waals surface area (Å²) in [4.78, 5) is 10.2. The average Bonchev–Trinajstić information content (AvgIpc) is 1.93. The number of hydrogen-bond acceptors (Lipinski definition) is 3. The van der Waals surface area contributed by atoms with Crippen molar-refractivity contribution in [2.24, 2.45) is 0 Å². The summed E-state index contributed by atoms with van der Waals surface area (Å²) >= 11 is 0. The van der Waals surface area contributed by atoms with Gasteiger partial charge in [0.25, 0.3) is 0 Å². The van der Waals surface area contributed by atoms with Crippen molar-refractivity contribution in [1.29, 1.82) is 0 Å². The molecule has 1 rings (SSSR count). The van der Waals surface area contributed by atoms with Gasteiger partial charge in [0.15, 0.2) is 6.16 Å². The highest BCUT2D eigenvalue weighted by atomic mass is 31.1. The van der Waals surface area contributed by atoms with E-state index in [-0.39, 0.29) is 11.9 Å². The van der Waals surface area contributed by atoms with Crippen LogP contribution in [-0.2, 0) is 10.7 Å². The van der Waals surface area contributed by atoms with Crippen molar-refractivity contribution in [1.82, 2.24) is 0 Å². The molecule has 0 heterocycles. The quantitative estimate of drug-likeness (QED) is 0.673. The van der Waals surface area contributed by atoms with Crippen molar-refractivity contribution < 1.29 is 14.6 Å².